The number of hydrogen-bond donors (Lipinski definition) is 0. The van der Waals surface area contributed by atoms with Crippen molar-refractivity contribution in [3.63, 3.8) is 0 Å². The van der Waals surface area contributed by atoms with E-state index in [1.165, 1.54) is 54.6 Å². The molecular formula is C68H48N2O2. The van der Waals surface area contributed by atoms with Gasteiger partial charge in [0.2, 0.25) is 0 Å². The molecule has 2 aromatic heterocycles. The minimum atomic E-state index is 0.898. The highest BCUT2D eigenvalue weighted by atomic mass is 16.3. The van der Waals surface area contributed by atoms with Gasteiger partial charge in [-0.1, -0.05) is 170 Å². The topological polar surface area (TPSA) is 32.8 Å². The SMILES string of the molecule is Cc1ccc(-c2cccc3c2oc2ccccc23)c(C)c1N(c1ccccc1)c1ccc2ccc3c(N(c4ccccc4)c4c(C)ccc(-c5cccc6c5oc5ccccc56)c4C)ccc4ccc1c2c43. The van der Waals surface area contributed by atoms with Crippen LogP contribution in [0.5, 0.6) is 0 Å². The molecule has 342 valence electrons. The molecule has 0 atom stereocenters. The molecule has 0 amide bonds. The van der Waals surface area contributed by atoms with Crippen molar-refractivity contribution in [2.75, 3.05) is 9.80 Å². The molecule has 2 heterocycles. The zero-order valence-corrected chi connectivity index (χ0v) is 40.5. The van der Waals surface area contributed by atoms with Gasteiger partial charge in [0.15, 0.2) is 0 Å². The van der Waals surface area contributed by atoms with Gasteiger partial charge in [0.1, 0.15) is 22.3 Å². The fourth-order valence-corrected chi connectivity index (χ4v) is 12.0. The van der Waals surface area contributed by atoms with Crippen LogP contribution in [0.25, 0.3) is 98.4 Å². The molecule has 72 heavy (non-hydrogen) atoms. The van der Waals surface area contributed by atoms with Gasteiger partial charge in [0.25, 0.3) is 0 Å². The molecule has 0 aliphatic heterocycles. The highest BCUT2D eigenvalue weighted by Crippen LogP contribution is 2.51. The molecule has 0 saturated heterocycles. The third kappa shape index (κ3) is 6.25. The van der Waals surface area contributed by atoms with Gasteiger partial charge >= 0.3 is 0 Å². The van der Waals surface area contributed by atoms with Crippen molar-refractivity contribution >= 4 is 110 Å². The Morgan fingerprint density at radius 1 is 0.292 bits per heavy atom. The molecular weight excluding hydrogens is 877 g/mol. The van der Waals surface area contributed by atoms with E-state index in [2.05, 4.69) is 244 Å². The summed E-state index contributed by atoms with van der Waals surface area (Å²) in [4.78, 5) is 4.97. The van der Waals surface area contributed by atoms with Crippen LogP contribution < -0.4 is 9.80 Å². The number of hydrogen-bond acceptors (Lipinski definition) is 4. The predicted octanol–water partition coefficient (Wildman–Crippen LogP) is 19.9. The van der Waals surface area contributed by atoms with Gasteiger partial charge in [-0.25, -0.2) is 0 Å². The zero-order chi connectivity index (χ0) is 48.2. The molecule has 0 bridgehead atoms. The van der Waals surface area contributed by atoms with E-state index in [0.29, 0.717) is 0 Å². The Labute approximate surface area is 417 Å². The number of anilines is 6. The van der Waals surface area contributed by atoms with Crippen LogP contribution in [-0.4, -0.2) is 0 Å². The van der Waals surface area contributed by atoms with Crippen molar-refractivity contribution in [3.8, 4) is 22.3 Å². The van der Waals surface area contributed by atoms with Gasteiger partial charge in [-0.15, -0.1) is 0 Å². The third-order valence-corrected chi connectivity index (χ3v) is 15.2. The maximum atomic E-state index is 6.64. The summed E-state index contributed by atoms with van der Waals surface area (Å²) >= 11 is 0. The summed E-state index contributed by atoms with van der Waals surface area (Å²) in [5.41, 5.74) is 19.6. The molecule has 0 spiro atoms. The fourth-order valence-electron chi connectivity index (χ4n) is 12.0. The van der Waals surface area contributed by atoms with Crippen molar-refractivity contribution in [3.05, 3.63) is 241 Å². The third-order valence-electron chi connectivity index (χ3n) is 15.2. The van der Waals surface area contributed by atoms with Gasteiger partial charge < -0.3 is 18.6 Å². The Morgan fingerprint density at radius 2 is 0.681 bits per heavy atom. The second-order valence-electron chi connectivity index (χ2n) is 19.3. The van der Waals surface area contributed by atoms with E-state index in [1.54, 1.807) is 0 Å². The number of nitrogens with zero attached hydrogens (tertiary/aromatic N) is 2. The Hall–Kier alpha value is -9.12. The summed E-state index contributed by atoms with van der Waals surface area (Å²) in [5.74, 6) is 0. The van der Waals surface area contributed by atoms with Crippen LogP contribution in [0, 0.1) is 27.7 Å². The lowest BCUT2D eigenvalue weighted by Gasteiger charge is -2.32. The van der Waals surface area contributed by atoms with Crippen molar-refractivity contribution in [2.24, 2.45) is 0 Å². The molecule has 0 aliphatic rings. The second kappa shape index (κ2) is 16.2. The first-order chi connectivity index (χ1) is 35.4. The van der Waals surface area contributed by atoms with Gasteiger partial charge in [-0.3, -0.25) is 0 Å². The summed E-state index contributed by atoms with van der Waals surface area (Å²) in [7, 11) is 0. The first-order valence-electron chi connectivity index (χ1n) is 24.8. The quantitative estimate of drug-likeness (QED) is 0.142. The van der Waals surface area contributed by atoms with E-state index < -0.39 is 0 Å². The van der Waals surface area contributed by atoms with Crippen LogP contribution >= 0.6 is 0 Å². The Morgan fingerprint density at radius 3 is 1.12 bits per heavy atom. The van der Waals surface area contributed by atoms with E-state index in [1.807, 2.05) is 12.1 Å². The van der Waals surface area contributed by atoms with Crippen LogP contribution in [0.15, 0.2) is 227 Å². The molecule has 14 rings (SSSR count). The van der Waals surface area contributed by atoms with Crippen LogP contribution in [0.1, 0.15) is 22.3 Å². The molecule has 0 unspecified atom stereocenters. The normalized spacial score (nSPS) is 11.9. The number of benzene rings is 12. The molecule has 14 aromatic rings. The largest absolute Gasteiger partial charge is 0.455 e. The lowest BCUT2D eigenvalue weighted by atomic mass is 9.90. The molecule has 12 aromatic carbocycles. The van der Waals surface area contributed by atoms with Gasteiger partial charge in [0, 0.05) is 54.8 Å². The maximum Gasteiger partial charge on any atom is 0.143 e. The second-order valence-corrected chi connectivity index (χ2v) is 19.3. The standard InChI is InChI=1S/C68H48N2O2/c1-41-29-35-49(53-23-15-25-55-51-21-11-13-27-61(51)71-67(53)55)43(3)65(41)69(47-17-7-5-8-18-47)59-39-33-45-32-38-58-60(40-34-46-31-37-57(59)63(45)64(46)58)70(48-19-9-6-10-20-48)66-42(2)30-36-50(44(66)4)54-24-16-26-56-52-22-12-14-28-62(52)72-68(54)56/h5-40H,1-4H3. The fraction of sp³-hybridized carbons (Fsp3) is 0.0588. The summed E-state index contributed by atoms with van der Waals surface area (Å²) in [6.07, 6.45) is 0. The maximum absolute atomic E-state index is 6.64. The Bertz CT molecular complexity index is 4160. The lowest BCUT2D eigenvalue weighted by molar-refractivity contribution is 0.669. The molecule has 0 aliphatic carbocycles. The number of furan rings is 2. The van der Waals surface area contributed by atoms with Crippen LogP contribution in [-0.2, 0) is 0 Å². The number of aryl methyl sites for hydroxylation is 2. The summed E-state index contributed by atoms with van der Waals surface area (Å²) < 4.78 is 13.3. The minimum Gasteiger partial charge on any atom is -0.455 e. The van der Waals surface area contributed by atoms with Crippen molar-refractivity contribution in [2.45, 2.75) is 27.7 Å². The zero-order valence-electron chi connectivity index (χ0n) is 40.5. The first kappa shape index (κ1) is 41.8. The Kier molecular flexibility index (Phi) is 9.43. The van der Waals surface area contributed by atoms with Crippen molar-refractivity contribution in [1.29, 1.82) is 0 Å². The molecule has 4 heteroatoms. The number of para-hydroxylation sites is 6. The van der Waals surface area contributed by atoms with Crippen LogP contribution in [0.2, 0.25) is 0 Å². The van der Waals surface area contributed by atoms with Gasteiger partial charge in [-0.05, 0) is 131 Å². The van der Waals surface area contributed by atoms with E-state index >= 15 is 0 Å². The summed E-state index contributed by atoms with van der Waals surface area (Å²) in [6.45, 7) is 9.01. The summed E-state index contributed by atoms with van der Waals surface area (Å²) in [6, 6.07) is 79.0. The van der Waals surface area contributed by atoms with Crippen LogP contribution in [0.4, 0.5) is 34.1 Å². The lowest BCUT2D eigenvalue weighted by Crippen LogP contribution is -2.14. The molecule has 0 N–H and O–H groups in total. The van der Waals surface area contributed by atoms with Crippen molar-refractivity contribution < 1.29 is 8.83 Å². The van der Waals surface area contributed by atoms with Crippen molar-refractivity contribution in [1.82, 2.24) is 0 Å². The number of rotatable bonds is 8. The molecule has 0 saturated carbocycles. The first-order valence-corrected chi connectivity index (χ1v) is 24.8. The van der Waals surface area contributed by atoms with E-state index in [0.717, 1.165) is 100 Å². The summed E-state index contributed by atoms with van der Waals surface area (Å²) in [5, 5.41) is 11.8. The Balaban J connectivity index is 0.983. The van der Waals surface area contributed by atoms with E-state index in [9.17, 15) is 0 Å². The molecule has 4 nitrogen and oxygen atoms in total. The van der Waals surface area contributed by atoms with Gasteiger partial charge in [0.05, 0.1) is 22.7 Å². The van der Waals surface area contributed by atoms with E-state index in [4.69, 9.17) is 8.83 Å². The van der Waals surface area contributed by atoms with E-state index in [-0.39, 0.29) is 0 Å². The average molecular weight is 925 g/mol. The number of fused-ring (bicyclic) bond motifs is 6. The predicted molar refractivity (Wildman–Crippen MR) is 304 cm³/mol. The highest BCUT2D eigenvalue weighted by molar-refractivity contribution is 6.28. The van der Waals surface area contributed by atoms with Crippen LogP contribution in [0.3, 0.4) is 0 Å². The van der Waals surface area contributed by atoms with Gasteiger partial charge in [-0.2, -0.15) is 0 Å². The molecule has 0 radical (unpaired) electrons. The smallest absolute Gasteiger partial charge is 0.143 e. The highest BCUT2D eigenvalue weighted by Gasteiger charge is 2.27. The monoisotopic (exact) mass is 924 g/mol. The average Bonchev–Trinajstić information content (AvgIpc) is 4.00. The molecule has 0 fully saturated rings. The minimum absolute atomic E-state index is 0.898.